The molecule has 0 bridgehead atoms. The summed E-state index contributed by atoms with van der Waals surface area (Å²) in [7, 11) is 0. The smallest absolute Gasteiger partial charge is 0.126 e. The maximum absolute atomic E-state index is 10.4. The number of benzene rings is 3. The molecule has 30 heavy (non-hydrogen) atoms. The number of aryl methyl sites for hydroxylation is 2. The van der Waals surface area contributed by atoms with Gasteiger partial charge in [0.05, 0.1) is 13.2 Å². The molecule has 0 amide bonds. The first-order valence-corrected chi connectivity index (χ1v) is 10.6. The van der Waals surface area contributed by atoms with Crippen LogP contribution in [0.3, 0.4) is 0 Å². The number of ether oxygens (including phenoxy) is 3. The van der Waals surface area contributed by atoms with E-state index in [2.05, 4.69) is 6.07 Å². The van der Waals surface area contributed by atoms with E-state index in [1.54, 1.807) is 6.07 Å². The van der Waals surface area contributed by atoms with Crippen LogP contribution in [-0.2, 0) is 19.4 Å². The lowest BCUT2D eigenvalue weighted by atomic mass is 10.0. The fourth-order valence-electron chi connectivity index (χ4n) is 3.34. The first kappa shape index (κ1) is 21.6. The molecule has 0 heterocycles. The quantitative estimate of drug-likeness (QED) is 0.428. The largest absolute Gasteiger partial charge is 0.508 e. The zero-order valence-corrected chi connectivity index (χ0v) is 17.8. The summed E-state index contributed by atoms with van der Waals surface area (Å²) in [5.41, 5.74) is 3.18. The first-order chi connectivity index (χ1) is 14.7. The third-order valence-corrected chi connectivity index (χ3v) is 4.85. The Hall–Kier alpha value is -3.14. The van der Waals surface area contributed by atoms with Crippen molar-refractivity contribution >= 4 is 0 Å². The Balaban J connectivity index is 1.55. The Bertz CT molecular complexity index is 922. The fraction of sp³-hybridized carbons (Fsp3) is 0.308. The van der Waals surface area contributed by atoms with Gasteiger partial charge in [0.15, 0.2) is 0 Å². The van der Waals surface area contributed by atoms with Crippen molar-refractivity contribution in [1.29, 1.82) is 0 Å². The summed E-state index contributed by atoms with van der Waals surface area (Å²) in [5.74, 6) is 2.65. The van der Waals surface area contributed by atoms with Gasteiger partial charge in [-0.15, -0.1) is 0 Å². The average Bonchev–Trinajstić information content (AvgIpc) is 2.76. The van der Waals surface area contributed by atoms with Gasteiger partial charge >= 0.3 is 0 Å². The van der Waals surface area contributed by atoms with Crippen molar-refractivity contribution in [2.24, 2.45) is 0 Å². The summed E-state index contributed by atoms with van der Waals surface area (Å²) in [5, 5.41) is 10.4. The molecule has 3 rings (SSSR count). The summed E-state index contributed by atoms with van der Waals surface area (Å²) in [6.45, 7) is 5.69. The van der Waals surface area contributed by atoms with Crippen molar-refractivity contribution in [3.63, 3.8) is 0 Å². The molecule has 4 nitrogen and oxygen atoms in total. The van der Waals surface area contributed by atoms with Crippen LogP contribution in [0.1, 0.15) is 37.0 Å². The summed E-state index contributed by atoms with van der Waals surface area (Å²) < 4.78 is 17.1. The lowest BCUT2D eigenvalue weighted by molar-refractivity contribution is 0.304. The molecule has 0 unspecified atom stereocenters. The zero-order valence-electron chi connectivity index (χ0n) is 17.8. The highest BCUT2D eigenvalue weighted by atomic mass is 16.5. The molecule has 158 valence electrons. The average molecular weight is 407 g/mol. The molecular formula is C26H30O4. The van der Waals surface area contributed by atoms with Crippen LogP contribution in [0.5, 0.6) is 23.0 Å². The lowest BCUT2D eigenvalue weighted by Gasteiger charge is -2.13. The molecule has 0 spiro atoms. The molecule has 3 aromatic carbocycles. The summed E-state index contributed by atoms with van der Waals surface area (Å²) >= 11 is 0. The van der Waals surface area contributed by atoms with Gasteiger partial charge in [-0.1, -0.05) is 42.5 Å². The molecule has 0 radical (unpaired) electrons. The number of aromatic hydroxyl groups is 1. The van der Waals surface area contributed by atoms with E-state index < -0.39 is 0 Å². The van der Waals surface area contributed by atoms with Crippen molar-refractivity contribution in [1.82, 2.24) is 0 Å². The Morgan fingerprint density at radius 2 is 1.37 bits per heavy atom. The number of hydrogen-bond donors (Lipinski definition) is 1. The van der Waals surface area contributed by atoms with Gasteiger partial charge in [-0.05, 0) is 61.9 Å². The molecule has 0 atom stereocenters. The van der Waals surface area contributed by atoms with Gasteiger partial charge in [0.2, 0.25) is 0 Å². The molecule has 3 aromatic rings. The lowest BCUT2D eigenvalue weighted by Crippen LogP contribution is -2.00. The number of phenolic OH excluding ortho intramolecular Hbond substituents is 1. The Kier molecular flexibility index (Phi) is 8.02. The van der Waals surface area contributed by atoms with Gasteiger partial charge < -0.3 is 19.3 Å². The van der Waals surface area contributed by atoms with Crippen molar-refractivity contribution in [2.75, 3.05) is 13.2 Å². The Morgan fingerprint density at radius 1 is 0.700 bits per heavy atom. The van der Waals surface area contributed by atoms with Crippen LogP contribution in [0.25, 0.3) is 0 Å². The molecule has 1 N–H and O–H groups in total. The van der Waals surface area contributed by atoms with Crippen molar-refractivity contribution < 1.29 is 19.3 Å². The molecule has 4 heteroatoms. The van der Waals surface area contributed by atoms with E-state index in [0.29, 0.717) is 25.6 Å². The molecule has 0 saturated heterocycles. The van der Waals surface area contributed by atoms with Crippen LogP contribution < -0.4 is 14.2 Å². The fourth-order valence-corrected chi connectivity index (χ4v) is 3.34. The summed E-state index contributed by atoms with van der Waals surface area (Å²) in [6, 6.07) is 21.6. The molecule has 0 aromatic heterocycles. The van der Waals surface area contributed by atoms with E-state index in [1.165, 1.54) is 0 Å². The van der Waals surface area contributed by atoms with Gasteiger partial charge in [-0.25, -0.2) is 0 Å². The van der Waals surface area contributed by atoms with E-state index in [1.807, 2.05) is 68.4 Å². The van der Waals surface area contributed by atoms with Crippen LogP contribution in [0.15, 0.2) is 66.7 Å². The third-order valence-electron chi connectivity index (χ3n) is 4.85. The summed E-state index contributed by atoms with van der Waals surface area (Å²) in [6.07, 6.45) is 2.56. The van der Waals surface area contributed by atoms with Crippen LogP contribution in [-0.4, -0.2) is 18.3 Å². The number of hydrogen-bond acceptors (Lipinski definition) is 4. The minimum Gasteiger partial charge on any atom is -0.508 e. The predicted octanol–water partition coefficient (Wildman–Crippen LogP) is 5.94. The van der Waals surface area contributed by atoms with Crippen molar-refractivity contribution in [2.45, 2.75) is 39.7 Å². The molecule has 0 aliphatic rings. The van der Waals surface area contributed by atoms with Crippen LogP contribution in [0.2, 0.25) is 0 Å². The Labute approximate surface area is 179 Å². The molecular weight excluding hydrogens is 376 g/mol. The first-order valence-electron chi connectivity index (χ1n) is 10.6. The van der Waals surface area contributed by atoms with E-state index in [0.717, 1.165) is 47.5 Å². The predicted molar refractivity (Wildman–Crippen MR) is 120 cm³/mol. The maximum Gasteiger partial charge on any atom is 0.126 e. The second-order valence-electron chi connectivity index (χ2n) is 7.05. The highest BCUT2D eigenvalue weighted by Crippen LogP contribution is 2.29. The van der Waals surface area contributed by atoms with E-state index in [4.69, 9.17) is 14.2 Å². The highest BCUT2D eigenvalue weighted by Gasteiger charge is 2.08. The van der Waals surface area contributed by atoms with Crippen molar-refractivity contribution in [3.05, 3.63) is 83.4 Å². The molecule has 0 aliphatic heterocycles. The second kappa shape index (κ2) is 11.1. The third kappa shape index (κ3) is 6.18. The van der Waals surface area contributed by atoms with E-state index in [9.17, 15) is 5.11 Å². The van der Waals surface area contributed by atoms with Gasteiger partial charge in [-0.3, -0.25) is 0 Å². The van der Waals surface area contributed by atoms with Crippen LogP contribution in [0.4, 0.5) is 0 Å². The second-order valence-corrected chi connectivity index (χ2v) is 7.05. The standard InChI is InChI=1S/C26H30O4/c1-3-28-24-16-14-22(26(18-24)29-4-2)12-8-11-21-13-15-23(17-25(21)27)30-19-20-9-6-5-7-10-20/h5-7,9-10,13-18,27H,3-4,8,11-12,19H2,1-2H3. The minimum absolute atomic E-state index is 0.275. The zero-order chi connectivity index (χ0) is 21.2. The molecule has 0 aliphatic carbocycles. The van der Waals surface area contributed by atoms with Gasteiger partial charge in [0.1, 0.15) is 29.6 Å². The monoisotopic (exact) mass is 406 g/mol. The highest BCUT2D eigenvalue weighted by molar-refractivity contribution is 5.42. The SMILES string of the molecule is CCOc1ccc(CCCc2ccc(OCc3ccccc3)cc2O)c(OCC)c1. The van der Waals surface area contributed by atoms with Gasteiger partial charge in [-0.2, -0.15) is 0 Å². The Morgan fingerprint density at radius 3 is 2.07 bits per heavy atom. The minimum atomic E-state index is 0.275. The normalized spacial score (nSPS) is 10.6. The van der Waals surface area contributed by atoms with Crippen LogP contribution in [0, 0.1) is 0 Å². The van der Waals surface area contributed by atoms with Crippen LogP contribution >= 0.6 is 0 Å². The van der Waals surface area contributed by atoms with Gasteiger partial charge in [0, 0.05) is 12.1 Å². The van der Waals surface area contributed by atoms with E-state index >= 15 is 0 Å². The molecule has 0 fully saturated rings. The number of phenols is 1. The van der Waals surface area contributed by atoms with Gasteiger partial charge in [0.25, 0.3) is 0 Å². The molecule has 0 saturated carbocycles. The van der Waals surface area contributed by atoms with Crippen molar-refractivity contribution in [3.8, 4) is 23.0 Å². The summed E-state index contributed by atoms with van der Waals surface area (Å²) in [4.78, 5) is 0. The van der Waals surface area contributed by atoms with E-state index in [-0.39, 0.29) is 5.75 Å². The topological polar surface area (TPSA) is 47.9 Å². The maximum atomic E-state index is 10.4. The number of rotatable bonds is 11.